The predicted octanol–water partition coefficient (Wildman–Crippen LogP) is 3.24. The van der Waals surface area contributed by atoms with E-state index in [-0.39, 0.29) is 36.1 Å². The molecular weight excluding hydrogens is 470 g/mol. The topological polar surface area (TPSA) is 125 Å². The second kappa shape index (κ2) is 5.98. The average Bonchev–Trinajstić information content (AvgIpc) is 3.07. The molecule has 2 aromatic carbocycles. The number of halogens is 2. The SMILES string of the molecule is O=c1[nH]c2cc(Br)c(S(=O)(=O)Nc3ccc4sc(=O)[nH]c4c3)c(Cl)c2o1. The maximum absolute atomic E-state index is 12.8. The van der Waals surface area contributed by atoms with Gasteiger partial charge in [-0.1, -0.05) is 22.9 Å². The Kier molecular flexibility index (Phi) is 3.99. The Balaban J connectivity index is 1.84. The number of hydrogen-bond donors (Lipinski definition) is 3. The van der Waals surface area contributed by atoms with Crippen molar-refractivity contribution in [3.63, 3.8) is 0 Å². The molecule has 0 atom stereocenters. The molecule has 0 spiro atoms. The Hall–Kier alpha value is -2.08. The number of H-pyrrole nitrogens is 2. The molecule has 2 aromatic heterocycles. The lowest BCUT2D eigenvalue weighted by molar-refractivity contribution is 0.554. The quantitative estimate of drug-likeness (QED) is 0.418. The molecule has 0 aliphatic heterocycles. The van der Waals surface area contributed by atoms with Crippen molar-refractivity contribution in [2.24, 2.45) is 0 Å². The van der Waals surface area contributed by atoms with Crippen molar-refractivity contribution in [3.05, 3.63) is 54.0 Å². The summed E-state index contributed by atoms with van der Waals surface area (Å²) in [6.07, 6.45) is 0. The van der Waals surface area contributed by atoms with Crippen LogP contribution in [-0.2, 0) is 10.0 Å². The van der Waals surface area contributed by atoms with Gasteiger partial charge in [-0.15, -0.1) is 0 Å². The van der Waals surface area contributed by atoms with Crippen molar-refractivity contribution in [3.8, 4) is 0 Å². The van der Waals surface area contributed by atoms with Crippen LogP contribution in [0.2, 0.25) is 5.02 Å². The highest BCUT2D eigenvalue weighted by molar-refractivity contribution is 9.10. The molecule has 12 heteroatoms. The molecule has 0 aliphatic carbocycles. The number of thiazole rings is 1. The van der Waals surface area contributed by atoms with Crippen LogP contribution in [0.5, 0.6) is 0 Å². The van der Waals surface area contributed by atoms with Crippen LogP contribution in [-0.4, -0.2) is 18.4 Å². The van der Waals surface area contributed by atoms with Crippen LogP contribution in [0.4, 0.5) is 5.69 Å². The van der Waals surface area contributed by atoms with Gasteiger partial charge in [0.1, 0.15) is 9.92 Å². The Morgan fingerprint density at radius 3 is 2.69 bits per heavy atom. The standard InChI is InChI=1S/C14H7BrClN3O5S2/c15-6-4-8-11(24-13(20)17-8)10(16)12(6)26(22,23)19-5-1-2-9-7(3-5)18-14(21)25-9/h1-4,19H,(H,17,20)(H,18,21). The summed E-state index contributed by atoms with van der Waals surface area (Å²) in [6, 6.07) is 6.04. The zero-order valence-electron chi connectivity index (χ0n) is 12.4. The second-order valence-corrected chi connectivity index (χ2v) is 9.09. The van der Waals surface area contributed by atoms with Gasteiger partial charge in [0, 0.05) is 4.47 Å². The smallest absolute Gasteiger partial charge is 0.406 e. The molecule has 0 aliphatic rings. The summed E-state index contributed by atoms with van der Waals surface area (Å²) in [5.41, 5.74) is 0.962. The van der Waals surface area contributed by atoms with Crippen LogP contribution in [0.25, 0.3) is 21.3 Å². The van der Waals surface area contributed by atoms with E-state index >= 15 is 0 Å². The summed E-state index contributed by atoms with van der Waals surface area (Å²) in [5.74, 6) is -0.747. The van der Waals surface area contributed by atoms with Gasteiger partial charge >= 0.3 is 10.6 Å². The summed E-state index contributed by atoms with van der Waals surface area (Å²) in [6.45, 7) is 0. The van der Waals surface area contributed by atoms with E-state index in [2.05, 4.69) is 30.6 Å². The summed E-state index contributed by atoms with van der Waals surface area (Å²) < 4.78 is 33.8. The first-order chi connectivity index (χ1) is 12.2. The average molecular weight is 477 g/mol. The molecule has 4 aromatic rings. The summed E-state index contributed by atoms with van der Waals surface area (Å²) in [5, 5.41) is -0.231. The molecule has 134 valence electrons. The monoisotopic (exact) mass is 475 g/mol. The highest BCUT2D eigenvalue weighted by Gasteiger charge is 2.26. The van der Waals surface area contributed by atoms with Gasteiger partial charge in [0.2, 0.25) is 0 Å². The van der Waals surface area contributed by atoms with E-state index < -0.39 is 15.8 Å². The Morgan fingerprint density at radius 1 is 1.15 bits per heavy atom. The summed E-state index contributed by atoms with van der Waals surface area (Å²) in [7, 11) is -4.11. The lowest BCUT2D eigenvalue weighted by Crippen LogP contribution is -2.14. The zero-order valence-corrected chi connectivity index (χ0v) is 16.4. The van der Waals surface area contributed by atoms with Gasteiger partial charge in [0.15, 0.2) is 5.58 Å². The number of rotatable bonds is 3. The fraction of sp³-hybridized carbons (Fsp3) is 0. The lowest BCUT2D eigenvalue weighted by Gasteiger charge is -2.11. The fourth-order valence-corrected chi connectivity index (χ4v) is 6.10. The Labute approximate surface area is 162 Å². The van der Waals surface area contributed by atoms with Crippen molar-refractivity contribution in [1.82, 2.24) is 9.97 Å². The van der Waals surface area contributed by atoms with Gasteiger partial charge in [0.25, 0.3) is 10.0 Å². The molecule has 0 amide bonds. The first kappa shape index (κ1) is 17.3. The number of benzene rings is 2. The zero-order chi connectivity index (χ0) is 18.6. The van der Waals surface area contributed by atoms with Gasteiger partial charge in [-0.2, -0.15) is 0 Å². The van der Waals surface area contributed by atoms with Gasteiger partial charge < -0.3 is 9.40 Å². The minimum absolute atomic E-state index is 0.0575. The van der Waals surface area contributed by atoms with Crippen molar-refractivity contribution in [2.75, 3.05) is 4.72 Å². The van der Waals surface area contributed by atoms with Crippen molar-refractivity contribution in [2.45, 2.75) is 4.90 Å². The molecule has 26 heavy (non-hydrogen) atoms. The minimum atomic E-state index is -4.11. The summed E-state index contributed by atoms with van der Waals surface area (Å²) in [4.78, 5) is 27.2. The van der Waals surface area contributed by atoms with Crippen LogP contribution in [0.3, 0.4) is 0 Å². The number of nitrogens with one attached hydrogen (secondary N) is 3. The number of hydrogen-bond acceptors (Lipinski definition) is 6. The van der Waals surface area contributed by atoms with Crippen LogP contribution in [0.1, 0.15) is 0 Å². The van der Waals surface area contributed by atoms with Crippen molar-refractivity contribution in [1.29, 1.82) is 0 Å². The number of anilines is 1. The number of aromatic amines is 2. The third-order valence-electron chi connectivity index (χ3n) is 3.50. The van der Waals surface area contributed by atoms with Gasteiger partial charge in [-0.25, -0.2) is 13.2 Å². The van der Waals surface area contributed by atoms with Crippen LogP contribution in [0, 0.1) is 0 Å². The predicted molar refractivity (Wildman–Crippen MR) is 103 cm³/mol. The number of aromatic nitrogens is 2. The highest BCUT2D eigenvalue weighted by Crippen LogP contribution is 2.36. The van der Waals surface area contributed by atoms with Crippen LogP contribution in [0.15, 0.2) is 47.6 Å². The van der Waals surface area contributed by atoms with E-state index in [4.69, 9.17) is 16.0 Å². The normalized spacial score (nSPS) is 12.1. The molecule has 8 nitrogen and oxygen atoms in total. The Bertz CT molecular complexity index is 1400. The first-order valence-corrected chi connectivity index (χ1v) is 10.4. The molecule has 0 radical (unpaired) electrons. The van der Waals surface area contributed by atoms with Gasteiger partial charge in [0.05, 0.1) is 21.4 Å². The van der Waals surface area contributed by atoms with E-state index in [0.717, 1.165) is 11.3 Å². The van der Waals surface area contributed by atoms with E-state index in [1.165, 1.54) is 18.2 Å². The largest absolute Gasteiger partial charge is 0.417 e. The van der Waals surface area contributed by atoms with E-state index in [9.17, 15) is 18.0 Å². The van der Waals surface area contributed by atoms with Gasteiger partial charge in [-0.05, 0) is 40.2 Å². The number of fused-ring (bicyclic) bond motifs is 2. The van der Waals surface area contributed by atoms with E-state index in [1.54, 1.807) is 6.07 Å². The molecule has 0 saturated heterocycles. The molecule has 4 rings (SSSR count). The van der Waals surface area contributed by atoms with Crippen LogP contribution >= 0.6 is 38.9 Å². The highest BCUT2D eigenvalue weighted by atomic mass is 79.9. The second-order valence-electron chi connectivity index (χ2n) is 5.22. The third kappa shape index (κ3) is 2.86. The van der Waals surface area contributed by atoms with Crippen LogP contribution < -0.4 is 15.4 Å². The number of sulfonamides is 1. The molecule has 0 fully saturated rings. The molecule has 0 bridgehead atoms. The van der Waals surface area contributed by atoms with E-state index in [1.807, 2.05) is 0 Å². The fourth-order valence-electron chi connectivity index (χ4n) is 2.47. The maximum Gasteiger partial charge on any atom is 0.417 e. The Morgan fingerprint density at radius 2 is 1.92 bits per heavy atom. The molecule has 3 N–H and O–H groups in total. The minimum Gasteiger partial charge on any atom is -0.406 e. The molecule has 0 saturated carbocycles. The van der Waals surface area contributed by atoms with Crippen molar-refractivity contribution >= 4 is 75.9 Å². The number of oxazole rings is 1. The first-order valence-electron chi connectivity index (χ1n) is 6.91. The molecule has 2 heterocycles. The molecular formula is C14H7BrClN3O5S2. The maximum atomic E-state index is 12.8. The third-order valence-corrected chi connectivity index (χ3v) is 7.19. The lowest BCUT2D eigenvalue weighted by atomic mass is 10.3. The van der Waals surface area contributed by atoms with Gasteiger partial charge in [-0.3, -0.25) is 14.5 Å². The summed E-state index contributed by atoms with van der Waals surface area (Å²) >= 11 is 10.3. The molecule has 0 unspecified atom stereocenters. The van der Waals surface area contributed by atoms with Crippen molar-refractivity contribution < 1.29 is 12.8 Å². The van der Waals surface area contributed by atoms with E-state index in [0.29, 0.717) is 10.2 Å².